The van der Waals surface area contributed by atoms with E-state index in [0.717, 1.165) is 43.5 Å². The van der Waals surface area contributed by atoms with E-state index in [1.165, 1.54) is 43.1 Å². The van der Waals surface area contributed by atoms with Gasteiger partial charge in [-0.2, -0.15) is 0 Å². The van der Waals surface area contributed by atoms with Gasteiger partial charge in [0.25, 0.3) is 0 Å². The Morgan fingerprint density at radius 3 is 2.10 bits per heavy atom. The van der Waals surface area contributed by atoms with Crippen LogP contribution >= 0.6 is 11.3 Å². The molecule has 5 heteroatoms. The molecule has 0 amide bonds. The van der Waals surface area contributed by atoms with Crippen molar-refractivity contribution in [3.8, 4) is 11.1 Å². The van der Waals surface area contributed by atoms with E-state index in [2.05, 4.69) is 132 Å². The van der Waals surface area contributed by atoms with Gasteiger partial charge < -0.3 is 4.90 Å². The summed E-state index contributed by atoms with van der Waals surface area (Å²) >= 11 is 1.74. The van der Waals surface area contributed by atoms with Gasteiger partial charge in [0.15, 0.2) is 11.7 Å². The molecule has 1 aliphatic rings. The molecule has 0 bridgehead atoms. The number of aliphatic imine (C=N–C) groups is 2. The van der Waals surface area contributed by atoms with Crippen LogP contribution in [0.15, 0.2) is 180 Å². The van der Waals surface area contributed by atoms with Gasteiger partial charge >= 0.3 is 0 Å². The van der Waals surface area contributed by atoms with Gasteiger partial charge in [0.1, 0.15) is 0 Å². The van der Waals surface area contributed by atoms with Crippen LogP contribution in [-0.2, 0) is 0 Å². The first kappa shape index (κ1) is 30.2. The second-order valence-corrected chi connectivity index (χ2v) is 14.1. The van der Waals surface area contributed by atoms with Gasteiger partial charge in [-0.05, 0) is 69.8 Å². The van der Waals surface area contributed by atoms with Crippen LogP contribution in [0.3, 0.4) is 0 Å². The van der Waals surface area contributed by atoms with Crippen molar-refractivity contribution in [2.45, 2.75) is 0 Å². The zero-order chi connectivity index (χ0) is 34.6. The van der Waals surface area contributed by atoms with E-state index in [4.69, 9.17) is 9.98 Å². The third kappa shape index (κ3) is 5.02. The van der Waals surface area contributed by atoms with Crippen molar-refractivity contribution in [3.63, 3.8) is 0 Å². The number of thiophene rings is 1. The summed E-state index contributed by atoms with van der Waals surface area (Å²) in [5, 5.41) is 16.3. The Kier molecular flexibility index (Phi) is 7.12. The molecule has 4 nitrogen and oxygen atoms in total. The molecule has 0 saturated heterocycles. The summed E-state index contributed by atoms with van der Waals surface area (Å²) in [6.45, 7) is 0. The first-order valence-electron chi connectivity index (χ1n) is 17.3. The number of hydrogen-bond acceptors (Lipinski definition) is 3. The molecule has 1 aliphatic heterocycles. The minimum Gasteiger partial charge on any atom is -0.309 e. The fourth-order valence-corrected chi connectivity index (χ4v) is 8.64. The zero-order valence-corrected chi connectivity index (χ0v) is 28.8. The van der Waals surface area contributed by atoms with Crippen LogP contribution in [0.1, 0.15) is 16.7 Å². The van der Waals surface area contributed by atoms with Crippen molar-refractivity contribution in [3.05, 3.63) is 187 Å². The van der Waals surface area contributed by atoms with Crippen molar-refractivity contribution in [2.24, 2.45) is 9.98 Å². The summed E-state index contributed by atoms with van der Waals surface area (Å²) in [6, 6.07) is 59.3. The van der Waals surface area contributed by atoms with Crippen LogP contribution in [0.5, 0.6) is 0 Å². The van der Waals surface area contributed by atoms with E-state index in [1.807, 2.05) is 48.7 Å². The lowest BCUT2D eigenvalue weighted by molar-refractivity contribution is 1.29. The normalized spacial score (nSPS) is 12.7. The van der Waals surface area contributed by atoms with Gasteiger partial charge in [-0.15, -0.1) is 11.3 Å². The first-order chi connectivity index (χ1) is 25.7. The number of benzene rings is 8. The summed E-state index contributed by atoms with van der Waals surface area (Å²) < 4.78 is 2.35. The molecule has 2 heterocycles. The van der Waals surface area contributed by atoms with Gasteiger partial charge in [-0.3, -0.25) is 5.41 Å². The number of anilines is 3. The average molecular weight is 683 g/mol. The Hall–Kier alpha value is -6.69. The predicted octanol–water partition coefficient (Wildman–Crippen LogP) is 12.7. The molecule has 10 rings (SSSR count). The maximum Gasteiger partial charge on any atom is 0.161 e. The highest BCUT2D eigenvalue weighted by Crippen LogP contribution is 2.51. The zero-order valence-electron chi connectivity index (χ0n) is 28.0. The third-order valence-electron chi connectivity index (χ3n) is 9.91. The molecule has 1 aromatic heterocycles. The molecule has 0 unspecified atom stereocenters. The SMILES string of the molecule is N=C(N=C(N=Cc1ccc(N2c3cc4ccccc4cc3-c3cccc4cccc2c34)cc1)c1ccccc1)c1cccc2sc3ccccc3c12. The summed E-state index contributed by atoms with van der Waals surface area (Å²) in [5.41, 5.74) is 8.49. The summed E-state index contributed by atoms with van der Waals surface area (Å²) in [4.78, 5) is 12.1. The smallest absolute Gasteiger partial charge is 0.161 e. The number of fused-ring (bicyclic) bond motifs is 6. The van der Waals surface area contributed by atoms with Gasteiger partial charge in [0.05, 0.1) is 11.4 Å². The van der Waals surface area contributed by atoms with E-state index in [9.17, 15) is 5.41 Å². The molecule has 52 heavy (non-hydrogen) atoms. The summed E-state index contributed by atoms with van der Waals surface area (Å²) in [5.74, 6) is 0.678. The van der Waals surface area contributed by atoms with Crippen LogP contribution in [0.2, 0.25) is 0 Å². The van der Waals surface area contributed by atoms with E-state index in [0.29, 0.717) is 5.84 Å². The van der Waals surface area contributed by atoms with Gasteiger partial charge in [0.2, 0.25) is 0 Å². The minimum atomic E-state index is 0.186. The molecule has 9 aromatic rings. The van der Waals surface area contributed by atoms with Crippen LogP contribution in [-0.4, -0.2) is 17.9 Å². The molecular weight excluding hydrogens is 653 g/mol. The maximum atomic E-state index is 9.18. The quantitative estimate of drug-likeness (QED) is 0.146. The molecular formula is C47H30N4S. The summed E-state index contributed by atoms with van der Waals surface area (Å²) in [7, 11) is 0. The standard InChI is InChI=1S/C47H30N4S/c48-46(38-19-10-22-43-45(38)37-17-6-7-21-42(37)52-43)50-47(32-11-2-1-3-12-32)49-29-30-23-25-35(26-24-30)51-40-20-9-16-31-15-8-18-36(44(31)40)39-27-33-13-4-5-14-34(33)28-41(39)51/h1-29,48H. The van der Waals surface area contributed by atoms with E-state index >= 15 is 0 Å². The predicted molar refractivity (Wildman–Crippen MR) is 222 cm³/mol. The Morgan fingerprint density at radius 1 is 0.558 bits per heavy atom. The Bertz CT molecular complexity index is 2920. The summed E-state index contributed by atoms with van der Waals surface area (Å²) in [6.07, 6.45) is 1.84. The molecule has 0 atom stereocenters. The van der Waals surface area contributed by atoms with Gasteiger partial charge in [-0.1, -0.05) is 127 Å². The molecule has 0 aliphatic carbocycles. The number of hydrogen-bond donors (Lipinski definition) is 1. The molecule has 0 radical (unpaired) electrons. The molecule has 0 spiro atoms. The largest absolute Gasteiger partial charge is 0.309 e. The lowest BCUT2D eigenvalue weighted by atomic mass is 9.89. The highest BCUT2D eigenvalue weighted by atomic mass is 32.1. The first-order valence-corrected chi connectivity index (χ1v) is 18.1. The Balaban J connectivity index is 1.04. The second kappa shape index (κ2) is 12.3. The Labute approximate surface area is 304 Å². The van der Waals surface area contributed by atoms with Crippen LogP contribution < -0.4 is 4.90 Å². The van der Waals surface area contributed by atoms with E-state index < -0.39 is 0 Å². The van der Waals surface area contributed by atoms with Crippen molar-refractivity contribution < 1.29 is 0 Å². The van der Waals surface area contributed by atoms with E-state index in [1.54, 1.807) is 11.3 Å². The van der Waals surface area contributed by atoms with Crippen molar-refractivity contribution in [2.75, 3.05) is 4.90 Å². The average Bonchev–Trinajstić information content (AvgIpc) is 3.59. The van der Waals surface area contributed by atoms with Crippen LogP contribution in [0.4, 0.5) is 17.1 Å². The molecule has 244 valence electrons. The molecule has 1 N–H and O–H groups in total. The number of rotatable bonds is 4. The lowest BCUT2D eigenvalue weighted by Gasteiger charge is -2.34. The fraction of sp³-hybridized carbons (Fsp3) is 0. The second-order valence-electron chi connectivity index (χ2n) is 13.0. The van der Waals surface area contributed by atoms with Crippen molar-refractivity contribution in [1.82, 2.24) is 0 Å². The van der Waals surface area contributed by atoms with Gasteiger partial charge in [0, 0.05) is 54.2 Å². The molecule has 0 fully saturated rings. The Morgan fingerprint density at radius 2 is 1.25 bits per heavy atom. The van der Waals surface area contributed by atoms with E-state index in [-0.39, 0.29) is 5.84 Å². The fourth-order valence-electron chi connectivity index (χ4n) is 7.51. The number of nitrogens with one attached hydrogen (secondary N) is 1. The molecule has 0 saturated carbocycles. The lowest BCUT2D eigenvalue weighted by Crippen LogP contribution is -2.15. The number of amidine groups is 2. The van der Waals surface area contributed by atoms with Gasteiger partial charge in [-0.25, -0.2) is 9.98 Å². The molecule has 8 aromatic carbocycles. The third-order valence-corrected chi connectivity index (χ3v) is 11.0. The maximum absolute atomic E-state index is 9.18. The topological polar surface area (TPSA) is 51.8 Å². The number of nitrogens with zero attached hydrogens (tertiary/aromatic N) is 3. The highest BCUT2D eigenvalue weighted by molar-refractivity contribution is 7.25. The van der Waals surface area contributed by atoms with Crippen molar-refractivity contribution >= 4 is 88.0 Å². The van der Waals surface area contributed by atoms with Crippen LogP contribution in [0.25, 0.3) is 52.8 Å². The van der Waals surface area contributed by atoms with Crippen molar-refractivity contribution in [1.29, 1.82) is 5.41 Å². The van der Waals surface area contributed by atoms with Crippen LogP contribution in [0, 0.1) is 5.41 Å². The monoisotopic (exact) mass is 682 g/mol. The minimum absolute atomic E-state index is 0.186. The highest BCUT2D eigenvalue weighted by Gasteiger charge is 2.26.